The normalized spacial score (nSPS) is 11.0. The molecular weight excluding hydrogens is 1750 g/mol. The highest BCUT2D eigenvalue weighted by Crippen LogP contribution is 2.33. The fraction of sp³-hybridized carbons (Fsp3) is 0.0594. The Bertz CT molecular complexity index is 7670. The number of pyridine rings is 5. The molecule has 130 heavy (non-hydrogen) atoms. The summed E-state index contributed by atoms with van der Waals surface area (Å²) in [5, 5.41) is 32.4. The van der Waals surface area contributed by atoms with Crippen LogP contribution in [-0.2, 0) is 32.7 Å². The van der Waals surface area contributed by atoms with Crippen LogP contribution in [0.5, 0.6) is 5.88 Å². The topological polar surface area (TPSA) is 274 Å². The standard InChI is InChI=1S/C21H15ClFN3O2.C20H13ClFN3O.C20H15ClN4O.2C20H14ClN3O/c1-28-18-11-10-17(20(23)24-18)19-15-4-2-3-5-16(15)21(27)26(25-19)12-13-6-8-14(22)9-7-13;21-14-9-7-13(8-10-14)12-25-20(26)16-5-2-1-4-15(16)18(24-25)17-6-3-11-23-19(17)22;21-15-8-5-13(6-9-15)12-25-20(26)17-4-2-1-3-16(17)19(24-25)14-7-10-18(22)23-11-14;21-16-9-7-14(8-10-16)13-24-20(25)18-6-2-1-5-17(18)19(23-24)15-4-3-11-22-12-15;21-16-7-5-14(6-8-16)13-24-20(25)18-4-2-1-3-17(18)19(23-24)15-9-11-22-12-10-15/h2-11H,12H2,1H3;1-11H,12H2;1-11H,12H2,(H2,22,23);2*1-12H,13H2. The van der Waals surface area contributed by atoms with Crippen LogP contribution in [-0.4, -0.2) is 80.9 Å². The van der Waals surface area contributed by atoms with Crippen molar-refractivity contribution in [3.8, 4) is 62.2 Å². The predicted molar refractivity (Wildman–Crippen MR) is 510 cm³/mol. The molecule has 0 bridgehead atoms. The third-order valence-electron chi connectivity index (χ3n) is 20.8. The van der Waals surface area contributed by atoms with Crippen LogP contribution in [0.1, 0.15) is 27.8 Å². The second-order valence-corrected chi connectivity index (χ2v) is 31.6. The van der Waals surface area contributed by atoms with Gasteiger partial charge in [-0.3, -0.25) is 33.9 Å². The first kappa shape index (κ1) is 88.0. The van der Waals surface area contributed by atoms with E-state index in [1.165, 1.54) is 36.7 Å². The lowest BCUT2D eigenvalue weighted by Gasteiger charge is -2.12. The number of nitrogen functional groups attached to an aromatic ring is 1. The van der Waals surface area contributed by atoms with Gasteiger partial charge in [-0.1, -0.05) is 210 Å². The highest BCUT2D eigenvalue weighted by atomic mass is 35.5. The minimum Gasteiger partial charge on any atom is -0.481 e. The number of hydrogen-bond donors (Lipinski definition) is 1. The molecule has 0 aliphatic rings. The van der Waals surface area contributed by atoms with Gasteiger partial charge in [-0.05, 0) is 173 Å². The third-order valence-corrected chi connectivity index (χ3v) is 22.1. The van der Waals surface area contributed by atoms with E-state index in [1.54, 1.807) is 146 Å². The van der Waals surface area contributed by atoms with E-state index >= 15 is 0 Å². The first-order chi connectivity index (χ1) is 63.2. The number of anilines is 1. The molecule has 10 heterocycles. The Labute approximate surface area is 764 Å². The highest BCUT2D eigenvalue weighted by Gasteiger charge is 2.22. The number of nitrogens with zero attached hydrogens (tertiary/aromatic N) is 15. The van der Waals surface area contributed by atoms with Gasteiger partial charge in [0.05, 0.1) is 83.6 Å². The van der Waals surface area contributed by atoms with E-state index in [4.69, 9.17) is 68.5 Å². The number of benzene rings is 10. The number of fused-ring (bicyclic) bond motifs is 5. The molecule has 0 aliphatic carbocycles. The molecule has 0 aliphatic heterocycles. The average Bonchev–Trinajstić information content (AvgIpc) is 0.643. The molecule has 640 valence electrons. The Kier molecular flexibility index (Phi) is 27.4. The van der Waals surface area contributed by atoms with Crippen molar-refractivity contribution in [2.45, 2.75) is 32.7 Å². The smallest absolute Gasteiger partial charge is 0.274 e. The van der Waals surface area contributed by atoms with Gasteiger partial charge in [0.15, 0.2) is 0 Å². The molecule has 0 saturated carbocycles. The molecule has 0 radical (unpaired) electrons. The number of methoxy groups -OCH3 is 1. The number of halogens is 7. The summed E-state index contributed by atoms with van der Waals surface area (Å²) in [5.41, 5.74) is 15.5. The van der Waals surface area contributed by atoms with Crippen molar-refractivity contribution < 1.29 is 13.5 Å². The quantitative estimate of drug-likeness (QED) is 0.0880. The van der Waals surface area contributed by atoms with Crippen molar-refractivity contribution >= 4 is 118 Å². The zero-order valence-corrected chi connectivity index (χ0v) is 72.5. The van der Waals surface area contributed by atoms with Gasteiger partial charge >= 0.3 is 0 Å². The molecule has 10 aromatic carbocycles. The van der Waals surface area contributed by atoms with E-state index in [9.17, 15) is 32.8 Å². The first-order valence-corrected chi connectivity index (χ1v) is 42.2. The van der Waals surface area contributed by atoms with Crippen LogP contribution in [0.15, 0.2) is 364 Å². The molecule has 20 aromatic rings. The largest absolute Gasteiger partial charge is 0.481 e. The SMILES string of the molecule is COc1ccc(-c2nn(Cc3ccc(Cl)cc3)c(=O)c3ccccc23)c(F)n1.Nc1ccc(-c2nn(Cc3ccc(Cl)cc3)c(=O)c3ccccc23)cn1.O=c1c2ccccc2c(-c2cccnc2)nn1Cc1ccc(Cl)cc1.O=c1c2ccccc2c(-c2cccnc2F)nn1Cc1ccc(Cl)cc1.O=c1c2ccccc2c(-c2ccncc2)nn1Cc1ccc(Cl)cc1. The summed E-state index contributed by atoms with van der Waals surface area (Å²) >= 11 is 29.7. The fourth-order valence-corrected chi connectivity index (χ4v) is 15.0. The summed E-state index contributed by atoms with van der Waals surface area (Å²) in [4.78, 5) is 84.2. The van der Waals surface area contributed by atoms with Gasteiger partial charge in [-0.15, -0.1) is 0 Å². The van der Waals surface area contributed by atoms with E-state index in [2.05, 4.69) is 50.4 Å². The Hall–Kier alpha value is -15.4. The molecule has 22 nitrogen and oxygen atoms in total. The first-order valence-electron chi connectivity index (χ1n) is 40.3. The average molecular weight is 1820 g/mol. The van der Waals surface area contributed by atoms with Crippen LogP contribution in [0.25, 0.3) is 110 Å². The zero-order chi connectivity index (χ0) is 90.3. The van der Waals surface area contributed by atoms with Crippen LogP contribution in [0.2, 0.25) is 25.1 Å². The Balaban J connectivity index is 0.000000119. The van der Waals surface area contributed by atoms with Crippen LogP contribution in [0.3, 0.4) is 0 Å². The molecule has 0 unspecified atom stereocenters. The Morgan fingerprint density at radius 2 is 0.592 bits per heavy atom. The minimum absolute atomic E-state index is 0.108. The third kappa shape index (κ3) is 20.5. The monoisotopic (exact) mass is 1820 g/mol. The minimum atomic E-state index is -0.714. The fourth-order valence-electron chi connectivity index (χ4n) is 14.4. The lowest BCUT2D eigenvalue weighted by molar-refractivity contribution is 0.388. The summed E-state index contributed by atoms with van der Waals surface area (Å²) in [6.07, 6.45) is 9.97. The van der Waals surface area contributed by atoms with E-state index in [0.717, 1.165) is 72.1 Å². The van der Waals surface area contributed by atoms with Gasteiger partial charge in [0.2, 0.25) is 17.8 Å². The number of nitrogens with two attached hydrogens (primary N) is 1. The number of rotatable bonds is 16. The summed E-state index contributed by atoms with van der Waals surface area (Å²) < 4.78 is 41.0. The zero-order valence-electron chi connectivity index (χ0n) is 68.7. The van der Waals surface area contributed by atoms with E-state index in [1.807, 2.05) is 188 Å². The number of hydrogen-bond acceptors (Lipinski definition) is 17. The Morgan fingerprint density at radius 3 is 0.900 bits per heavy atom. The van der Waals surface area contributed by atoms with Gasteiger partial charge < -0.3 is 10.5 Å². The van der Waals surface area contributed by atoms with Crippen molar-refractivity contribution in [2.75, 3.05) is 12.8 Å². The molecule has 10 aromatic heterocycles. The second kappa shape index (κ2) is 40.5. The molecule has 0 amide bonds. The van der Waals surface area contributed by atoms with Crippen molar-refractivity contribution in [3.63, 3.8) is 0 Å². The van der Waals surface area contributed by atoms with Gasteiger partial charge in [0.1, 0.15) is 28.6 Å². The summed E-state index contributed by atoms with van der Waals surface area (Å²) in [5.74, 6) is -0.733. The predicted octanol–water partition coefficient (Wildman–Crippen LogP) is 20.7. The van der Waals surface area contributed by atoms with Gasteiger partial charge in [0, 0.05) is 112 Å². The van der Waals surface area contributed by atoms with Crippen LogP contribution >= 0.6 is 58.0 Å². The summed E-state index contributed by atoms with van der Waals surface area (Å²) in [7, 11) is 1.42. The molecule has 0 atom stereocenters. The lowest BCUT2D eigenvalue weighted by Crippen LogP contribution is -2.24. The summed E-state index contributed by atoms with van der Waals surface area (Å²) in [6, 6.07) is 90.6. The number of ether oxygens (including phenoxy) is 1. The van der Waals surface area contributed by atoms with Crippen molar-refractivity contribution in [1.29, 1.82) is 0 Å². The van der Waals surface area contributed by atoms with Crippen LogP contribution < -0.4 is 38.3 Å². The maximum atomic E-state index is 14.6. The maximum Gasteiger partial charge on any atom is 0.274 e. The molecule has 0 fully saturated rings. The summed E-state index contributed by atoms with van der Waals surface area (Å²) in [6.45, 7) is 1.62. The van der Waals surface area contributed by atoms with Crippen molar-refractivity contribution in [2.24, 2.45) is 0 Å². The maximum absolute atomic E-state index is 14.6. The van der Waals surface area contributed by atoms with Gasteiger partial charge in [0.25, 0.3) is 27.8 Å². The van der Waals surface area contributed by atoms with Crippen LogP contribution in [0, 0.1) is 11.9 Å². The number of aromatic nitrogens is 15. The molecule has 2 N–H and O–H groups in total. The van der Waals surface area contributed by atoms with Gasteiger partial charge in [-0.25, -0.2) is 33.4 Å². The lowest BCUT2D eigenvalue weighted by atomic mass is 10.1. The van der Waals surface area contributed by atoms with Crippen LogP contribution in [0.4, 0.5) is 14.6 Å². The van der Waals surface area contributed by atoms with Gasteiger partial charge in [-0.2, -0.15) is 39.3 Å². The molecular formula is C101H71Cl5F2N16O6. The molecule has 29 heteroatoms. The Morgan fingerprint density at radius 1 is 0.285 bits per heavy atom. The van der Waals surface area contributed by atoms with E-state index in [-0.39, 0.29) is 57.9 Å². The van der Waals surface area contributed by atoms with E-state index < -0.39 is 11.9 Å². The second-order valence-electron chi connectivity index (χ2n) is 29.4. The van der Waals surface area contributed by atoms with Crippen molar-refractivity contribution in [1.82, 2.24) is 73.8 Å². The van der Waals surface area contributed by atoms with Crippen molar-refractivity contribution in [3.05, 3.63) is 457 Å². The molecule has 0 spiro atoms. The molecule has 0 saturated heterocycles. The molecule has 20 rings (SSSR count). The highest BCUT2D eigenvalue weighted by molar-refractivity contribution is 6.31. The van der Waals surface area contributed by atoms with E-state index in [0.29, 0.717) is 105 Å².